The molecule has 2 aromatic heterocycles. The molecular formula is C43H55N11O3S. The number of carbonyl (C=O) groups excluding carboxylic acids is 3. The predicted octanol–water partition coefficient (Wildman–Crippen LogP) is 3.28. The first kappa shape index (κ1) is 42.1. The Kier molecular flexibility index (Phi) is 14.7. The van der Waals surface area contributed by atoms with Crippen molar-refractivity contribution < 1.29 is 14.4 Å². The number of benzene rings is 2. The van der Waals surface area contributed by atoms with Crippen molar-refractivity contribution in [3.63, 3.8) is 0 Å². The Bertz CT molecular complexity index is 2120. The van der Waals surface area contributed by atoms with Gasteiger partial charge in [0.2, 0.25) is 17.7 Å². The third-order valence-electron chi connectivity index (χ3n) is 10.9. The Hall–Kier alpha value is -5.48. The zero-order valence-corrected chi connectivity index (χ0v) is 33.8. The van der Waals surface area contributed by atoms with Crippen molar-refractivity contribution in [1.29, 1.82) is 0 Å². The number of fused-ring (bicyclic) bond motifs is 3. The molecule has 0 spiro atoms. The number of hydrogen-bond donors (Lipinski definition) is 8. The first-order chi connectivity index (χ1) is 28.2. The van der Waals surface area contributed by atoms with E-state index in [1.807, 2.05) is 60.8 Å². The average Bonchev–Trinajstić information content (AvgIpc) is 3.66. The smallest absolute Gasteiger partial charge is 0.245 e. The molecule has 3 unspecified atom stereocenters. The Balaban J connectivity index is 1.45. The number of nitrogens with zero attached hydrogens (tertiary/aromatic N) is 3. The molecule has 4 aromatic rings. The van der Waals surface area contributed by atoms with Gasteiger partial charge in [-0.3, -0.25) is 14.4 Å². The Morgan fingerprint density at radius 3 is 2.50 bits per heavy atom. The van der Waals surface area contributed by atoms with E-state index in [4.69, 9.17) is 28.0 Å². The van der Waals surface area contributed by atoms with Gasteiger partial charge in [-0.1, -0.05) is 60.3 Å². The summed E-state index contributed by atoms with van der Waals surface area (Å²) in [6.07, 6.45) is 12.6. The van der Waals surface area contributed by atoms with Crippen LogP contribution in [0.3, 0.4) is 0 Å². The molecule has 3 amide bonds. The second kappa shape index (κ2) is 20.3. The summed E-state index contributed by atoms with van der Waals surface area (Å²) >= 11 is 1.49. The molecule has 0 radical (unpaired) electrons. The van der Waals surface area contributed by atoms with Gasteiger partial charge in [-0.15, -0.1) is 0 Å². The molecule has 2 aliphatic rings. The summed E-state index contributed by atoms with van der Waals surface area (Å²) in [6, 6.07) is 15.1. The zero-order valence-electron chi connectivity index (χ0n) is 33.0. The second-order valence-electron chi connectivity index (χ2n) is 14.7. The molecule has 1 aliphatic carbocycles. The lowest BCUT2D eigenvalue weighted by atomic mass is 9.95. The molecule has 0 fully saturated rings. The molecule has 0 saturated carbocycles. The molecule has 3 heterocycles. The molecule has 1 aliphatic heterocycles. The maximum absolute atomic E-state index is 14.7. The lowest BCUT2D eigenvalue weighted by Gasteiger charge is -2.32. The van der Waals surface area contributed by atoms with Crippen LogP contribution in [0.1, 0.15) is 72.0 Å². The fourth-order valence-electron chi connectivity index (χ4n) is 7.54. The number of aromatic amines is 1. The summed E-state index contributed by atoms with van der Waals surface area (Å²) in [6.45, 7) is 1.38. The van der Waals surface area contributed by atoms with E-state index in [1.165, 1.54) is 16.7 Å². The Morgan fingerprint density at radius 1 is 0.931 bits per heavy atom. The first-order valence-corrected chi connectivity index (χ1v) is 20.8. The van der Waals surface area contributed by atoms with Gasteiger partial charge >= 0.3 is 0 Å². The largest absolute Gasteiger partial charge is 0.382 e. The van der Waals surface area contributed by atoms with Crippen LogP contribution in [0, 0.1) is 0 Å². The van der Waals surface area contributed by atoms with E-state index in [9.17, 15) is 14.4 Å². The number of unbranched alkanes of at least 4 members (excludes halogenated alkanes) is 1. The van der Waals surface area contributed by atoms with Crippen molar-refractivity contribution in [2.24, 2.45) is 28.1 Å². The topological polar surface area (TPSA) is 236 Å². The van der Waals surface area contributed by atoms with Gasteiger partial charge < -0.3 is 48.9 Å². The molecule has 58 heavy (non-hydrogen) atoms. The van der Waals surface area contributed by atoms with Crippen molar-refractivity contribution in [1.82, 2.24) is 30.8 Å². The predicted molar refractivity (Wildman–Crippen MR) is 229 cm³/mol. The lowest BCUT2D eigenvalue weighted by molar-refractivity contribution is -0.142. The van der Waals surface area contributed by atoms with Gasteiger partial charge in [-0.05, 0) is 110 Å². The molecular weight excluding hydrogens is 751 g/mol. The van der Waals surface area contributed by atoms with Crippen LogP contribution in [0.4, 0.5) is 0 Å². The molecule has 0 saturated heterocycles. The van der Waals surface area contributed by atoms with Crippen LogP contribution < -0.4 is 39.0 Å². The molecule has 306 valence electrons. The van der Waals surface area contributed by atoms with E-state index in [-0.39, 0.29) is 36.5 Å². The van der Waals surface area contributed by atoms with Crippen molar-refractivity contribution in [3.05, 3.63) is 107 Å². The van der Waals surface area contributed by atoms with E-state index in [0.29, 0.717) is 57.3 Å². The Labute approximate surface area is 344 Å². The van der Waals surface area contributed by atoms with E-state index in [2.05, 4.69) is 38.2 Å². The van der Waals surface area contributed by atoms with Gasteiger partial charge in [-0.25, -0.2) is 4.98 Å². The summed E-state index contributed by atoms with van der Waals surface area (Å²) in [7, 11) is 1.65. The van der Waals surface area contributed by atoms with Crippen molar-refractivity contribution in [2.75, 3.05) is 20.1 Å². The van der Waals surface area contributed by atoms with Crippen LogP contribution in [0.15, 0.2) is 88.1 Å². The van der Waals surface area contributed by atoms with E-state index in [0.717, 1.165) is 61.8 Å². The van der Waals surface area contributed by atoms with Crippen LogP contribution in [-0.2, 0) is 40.3 Å². The molecule has 12 N–H and O–H groups in total. The van der Waals surface area contributed by atoms with Crippen molar-refractivity contribution >= 4 is 41.4 Å². The lowest BCUT2D eigenvalue weighted by Crippen LogP contribution is -2.57. The monoisotopic (exact) mass is 805 g/mol. The van der Waals surface area contributed by atoms with Gasteiger partial charge in [-0.2, -0.15) is 5.10 Å². The summed E-state index contributed by atoms with van der Waals surface area (Å²) in [4.78, 5) is 54.0. The highest BCUT2D eigenvalue weighted by molar-refractivity contribution is 7.99. The SMILES string of the molecule is CN1C(=O)C(CCCCN)NC(=O)C(CCCN)NCc2cccnc2Sc2cccc(-c3ccc(/C(N)=N/N)cc3)c2CNC(=O)C1Cc1c[nH]c2c1CCC=C2. The fraction of sp³-hybridized carbons (Fsp3) is 0.372. The van der Waals surface area contributed by atoms with Crippen molar-refractivity contribution in [3.8, 4) is 11.1 Å². The molecule has 0 bridgehead atoms. The number of hydrazone groups is 1. The number of aromatic nitrogens is 2. The summed E-state index contributed by atoms with van der Waals surface area (Å²) in [5.41, 5.74) is 25.1. The van der Waals surface area contributed by atoms with E-state index in [1.54, 1.807) is 13.2 Å². The van der Waals surface area contributed by atoms with Crippen LogP contribution >= 0.6 is 11.8 Å². The van der Waals surface area contributed by atoms with Crippen LogP contribution in [0.25, 0.3) is 17.2 Å². The van der Waals surface area contributed by atoms with E-state index >= 15 is 0 Å². The molecule has 14 nitrogen and oxygen atoms in total. The highest BCUT2D eigenvalue weighted by Crippen LogP contribution is 2.37. The second-order valence-corrected chi connectivity index (χ2v) is 15.7. The molecule has 6 rings (SSSR count). The summed E-state index contributed by atoms with van der Waals surface area (Å²) in [5.74, 6) is 4.71. The Morgan fingerprint density at radius 2 is 1.72 bits per heavy atom. The molecule has 15 heteroatoms. The van der Waals surface area contributed by atoms with Crippen molar-refractivity contribution in [2.45, 2.75) is 92.5 Å². The molecule has 3 atom stereocenters. The van der Waals surface area contributed by atoms with Crippen LogP contribution in [0.5, 0.6) is 0 Å². The normalized spacial score (nSPS) is 19.4. The standard InChI is InChI=1S/C43H55N11O3S/c1-54-37(23-30-25-49-34-12-3-2-10-32(30)34)41(56)51-26-33-31(27-16-18-28(19-17-27)39(46)53-47)11-6-15-38(33)58-42-29(9-8-22-48-42)24-50-35(14-7-21-45)40(55)52-36(43(54)57)13-4-5-20-44/h3,6,8-9,11-12,15-19,22,25,35-37,49-50H,2,4-5,7,10,13-14,20-21,23-24,26,44-45,47H2,1H3,(H2,46,53)(H,51,56)(H,52,55). The fourth-order valence-corrected chi connectivity index (χ4v) is 8.59. The minimum atomic E-state index is -0.891. The van der Waals surface area contributed by atoms with Crippen LogP contribution in [0.2, 0.25) is 0 Å². The minimum absolute atomic E-state index is 0.163. The third kappa shape index (κ3) is 10.1. The number of H-pyrrole nitrogens is 1. The van der Waals surface area contributed by atoms with Gasteiger partial charge in [0, 0.05) is 55.1 Å². The number of allylic oxidation sites excluding steroid dienone is 1. The maximum Gasteiger partial charge on any atom is 0.245 e. The van der Waals surface area contributed by atoms with Crippen LogP contribution in [-0.4, -0.2) is 76.7 Å². The number of carbonyl (C=O) groups is 3. The number of nitrogens with one attached hydrogen (secondary N) is 4. The highest BCUT2D eigenvalue weighted by Gasteiger charge is 2.34. The zero-order chi connectivity index (χ0) is 41.0. The summed E-state index contributed by atoms with van der Waals surface area (Å²) < 4.78 is 0. The summed E-state index contributed by atoms with van der Waals surface area (Å²) in [5, 5.41) is 14.1. The first-order valence-electron chi connectivity index (χ1n) is 19.9. The number of pyridine rings is 1. The average molecular weight is 806 g/mol. The van der Waals surface area contributed by atoms with Gasteiger partial charge in [0.1, 0.15) is 22.9 Å². The highest BCUT2D eigenvalue weighted by atomic mass is 32.2. The number of rotatable bonds is 11. The number of amidine groups is 1. The quantitative estimate of drug-likeness (QED) is 0.0362. The van der Waals surface area contributed by atoms with E-state index < -0.39 is 18.1 Å². The van der Waals surface area contributed by atoms with Gasteiger partial charge in [0.15, 0.2) is 0 Å². The number of amides is 3. The van der Waals surface area contributed by atoms with Gasteiger partial charge in [0.05, 0.1) is 6.04 Å². The molecule has 2 aromatic carbocycles. The number of likely N-dealkylation sites (N-methyl/N-ethyl adjacent to an activating group) is 1. The maximum atomic E-state index is 14.7. The number of nitrogens with two attached hydrogens (primary N) is 4. The van der Waals surface area contributed by atoms with Gasteiger partial charge in [0.25, 0.3) is 0 Å². The minimum Gasteiger partial charge on any atom is -0.382 e. The third-order valence-corrected chi connectivity index (χ3v) is 12.0. The number of hydrogen-bond acceptors (Lipinski definition) is 10.